The molecule has 0 bridgehead atoms. The molecule has 20 rings (SSSR count). The first-order valence-corrected chi connectivity index (χ1v) is 41.5. The Bertz CT molecular complexity index is 7470. The summed E-state index contributed by atoms with van der Waals surface area (Å²) in [5.41, 5.74) is 37.2. The average Bonchev–Trinajstić information content (AvgIpc) is 1.65. The van der Waals surface area contributed by atoms with Crippen LogP contribution in [0.4, 0.5) is 115 Å². The fraction of sp³-hybridized carbons (Fsp3) is 0.0833. The van der Waals surface area contributed by atoms with E-state index in [1.54, 1.807) is 207 Å². The summed E-state index contributed by atoms with van der Waals surface area (Å²) in [6.07, 6.45) is 28.0. The van der Waals surface area contributed by atoms with E-state index in [4.69, 9.17) is 61.5 Å². The van der Waals surface area contributed by atoms with Gasteiger partial charge in [-0.1, -0.05) is 35.6 Å². The van der Waals surface area contributed by atoms with Crippen molar-refractivity contribution in [3.05, 3.63) is 311 Å². The van der Waals surface area contributed by atoms with Crippen LogP contribution in [0.3, 0.4) is 0 Å². The Morgan fingerprint density at radius 1 is 0.248 bits per heavy atom. The number of azo groups is 5. The van der Waals surface area contributed by atoms with Crippen LogP contribution in [0.2, 0.25) is 0 Å². The number of nitrogens with zero attached hydrogens (tertiary/aromatic N) is 51. The van der Waals surface area contributed by atoms with Gasteiger partial charge in [-0.15, -0.1) is 61.3 Å². The van der Waals surface area contributed by atoms with Gasteiger partial charge < -0.3 is 28.7 Å². The van der Waals surface area contributed by atoms with Crippen LogP contribution < -0.4 is 28.7 Å². The number of nitrogens with two attached hydrogens (primary N) is 5. The quantitative estimate of drug-likeness (QED) is 0.0349. The van der Waals surface area contributed by atoms with Gasteiger partial charge in [0.05, 0.1) is 91.8 Å². The Morgan fingerprint density at radius 2 is 0.489 bits per heavy atom. The molecule has 0 amide bonds. The van der Waals surface area contributed by atoms with Gasteiger partial charge in [0.25, 0.3) is 58.2 Å². The molecule has 0 radical (unpaired) electrons. The maximum atomic E-state index is 7.47. The molecule has 0 aliphatic rings. The number of aromatic nitrogens is 36. The highest BCUT2D eigenvalue weighted by Gasteiger charge is 2.26. The van der Waals surface area contributed by atoms with E-state index in [1.165, 1.54) is 82.9 Å². The molecule has 0 atom stereocenters. The van der Waals surface area contributed by atoms with Crippen LogP contribution in [0.5, 0.6) is 0 Å². The third-order valence-corrected chi connectivity index (χ3v) is 19.7. The summed E-state index contributed by atoms with van der Waals surface area (Å²) >= 11 is 1.33. The molecule has 0 spiro atoms. The number of aryl methyl sites for hydroxylation is 7. The third-order valence-electron chi connectivity index (χ3n) is 18.9. The molecule has 688 valence electrons. The highest BCUT2D eigenvalue weighted by Crippen LogP contribution is 2.42. The fourth-order valence-electron chi connectivity index (χ4n) is 12.4. The summed E-state index contributed by atoms with van der Waals surface area (Å²) < 4.78 is 14.1. The molecular formula is C84H66N56S. The molecule has 56 nitrogen and oxygen atoms in total. The van der Waals surface area contributed by atoms with E-state index in [9.17, 15) is 0 Å². The molecule has 20 heterocycles. The number of nitrogen functional groups attached to an aromatic ring is 5. The highest BCUT2D eigenvalue weighted by atomic mass is 32.1. The van der Waals surface area contributed by atoms with E-state index >= 15 is 0 Å². The molecular weight excluding hydrogens is 1830 g/mol. The summed E-state index contributed by atoms with van der Waals surface area (Å²) in [5.74, 6) is 6.10. The van der Waals surface area contributed by atoms with E-state index in [1.807, 2.05) is 31.2 Å². The van der Waals surface area contributed by atoms with Gasteiger partial charge in [-0.05, 0) is 127 Å². The Balaban J connectivity index is 0.000000127. The van der Waals surface area contributed by atoms with Crippen molar-refractivity contribution in [2.75, 3.05) is 28.7 Å². The monoisotopic (exact) mass is 1890 g/mol. The van der Waals surface area contributed by atoms with E-state index in [0.717, 1.165) is 5.01 Å². The number of pyridine rings is 4. The molecule has 20 aromatic rings. The second-order valence-electron chi connectivity index (χ2n) is 28.0. The van der Waals surface area contributed by atoms with E-state index < -0.39 is 0 Å². The summed E-state index contributed by atoms with van der Waals surface area (Å²) in [7, 11) is 0. The first-order valence-electron chi connectivity index (χ1n) is 40.7. The third kappa shape index (κ3) is 20.0. The molecule has 0 aliphatic heterocycles. The molecule has 141 heavy (non-hydrogen) atoms. The van der Waals surface area contributed by atoms with Crippen LogP contribution in [0, 0.1) is 81.3 Å². The molecule has 0 fully saturated rings. The van der Waals surface area contributed by atoms with E-state index in [-0.39, 0.29) is 86.7 Å². The van der Waals surface area contributed by atoms with Gasteiger partial charge in [-0.2, -0.15) is 83.8 Å². The van der Waals surface area contributed by atoms with Gasteiger partial charge in [-0.3, -0.25) is 0 Å². The van der Waals surface area contributed by atoms with Crippen LogP contribution in [0.25, 0.3) is 82.4 Å². The first-order chi connectivity index (χ1) is 68.7. The van der Waals surface area contributed by atoms with Crippen LogP contribution in [0.15, 0.2) is 266 Å². The predicted octanol–water partition coefficient (Wildman–Crippen LogP) is 15.6. The lowest BCUT2D eigenvalue weighted by Crippen LogP contribution is -2.05. The molecule has 10 N–H and O–H groups in total. The lowest BCUT2D eigenvalue weighted by atomic mass is 10.4. The van der Waals surface area contributed by atoms with Crippen LogP contribution in [-0.2, 0) is 0 Å². The second kappa shape index (κ2) is 42.1. The van der Waals surface area contributed by atoms with Crippen molar-refractivity contribution >= 4 is 126 Å². The summed E-state index contributed by atoms with van der Waals surface area (Å²) in [5, 5.41) is 94.2. The Labute approximate surface area is 797 Å². The smallest absolute Gasteiger partial charge is 0.255 e. The lowest BCUT2D eigenvalue weighted by molar-refractivity contribution is 0.803. The first kappa shape index (κ1) is 92.4. The van der Waals surface area contributed by atoms with E-state index in [0.29, 0.717) is 121 Å². The van der Waals surface area contributed by atoms with Gasteiger partial charge in [0.2, 0.25) is 5.13 Å². The standard InChI is InChI=1S/C18H14N10.2C17H13N11.C16H14N12S.C16H12N12/c1-12-16(17(19)27(26-12)14-7-3-5-9-21-14)24-25-18-13(20-2)11-23-28(18)15-8-4-6-10-22-15;2*1-11-14(15(18)28(26-11)17-21-8-5-9-22-17)24-25-16-12(19-2)10-23-27(16)13-6-3-4-7-20-13;1-8-11(13(17)27(25-8)15-19-6-5-7-20-15)22-23-14-12(18-4)9(2)26-28(14)16-24-21-10(3)29-16;1-10-12(13(17)27(26-10)15-19-5-3-6-20-15)24-25-14-11(18-2)9-23-28(14)16-21-7-4-8-22-16/h3-11H,19H2,1H3;2*3-10H,18H2,1H3;5-7H,17H2,1-3H3;3-9H,17H2,1H3. The molecule has 0 aliphatic carbocycles. The van der Waals surface area contributed by atoms with Gasteiger partial charge >= 0.3 is 0 Å². The molecule has 0 saturated heterocycles. The molecule has 0 aromatic carbocycles. The Hall–Kier alpha value is -21.9. The van der Waals surface area contributed by atoms with Crippen molar-refractivity contribution in [1.82, 2.24) is 178 Å². The number of anilines is 5. The summed E-state index contributed by atoms with van der Waals surface area (Å²) in [4.78, 5) is 75.5. The SMILES string of the molecule is [C-]#[N+]c1c(C)nn(-c2nnc(C)s2)c1N=Nc1c(C)nn(-c2ncccn2)c1N.[C-]#[N+]c1cnn(-c2ccccn2)c1N=Nc1c(C)nn(-c2ccccn2)c1N.[C-]#[N+]c1cnn(-c2ccccn2)c1N=Nc1c(C)nn(-c2ncccn2)c1N.[C-]#[N+]c1cnn(-c2ccccn2)c1N=Nc1c(C)nn(-c2ncccn2)c1N.[C-]#[N+]c1cnn(-c2ncccn2)c1N=Nc1c(C)nn(-c2ncccn2)c1N. The van der Waals surface area contributed by atoms with Gasteiger partial charge in [0.1, 0.15) is 5.01 Å². The van der Waals surface area contributed by atoms with Crippen molar-refractivity contribution in [3.8, 4) is 58.1 Å². The van der Waals surface area contributed by atoms with Crippen LogP contribution >= 0.6 is 11.3 Å². The topological polar surface area (TPSA) is 660 Å². The van der Waals surface area contributed by atoms with Crippen LogP contribution in [0.1, 0.15) is 39.2 Å². The zero-order valence-corrected chi connectivity index (χ0v) is 75.1. The molecule has 57 heteroatoms. The van der Waals surface area contributed by atoms with Gasteiger partial charge in [-0.25, -0.2) is 108 Å². The van der Waals surface area contributed by atoms with Crippen molar-refractivity contribution < 1.29 is 0 Å². The van der Waals surface area contributed by atoms with Crippen molar-refractivity contribution in [2.45, 2.75) is 48.5 Å². The Kier molecular flexibility index (Phi) is 27.6. The van der Waals surface area contributed by atoms with Gasteiger partial charge in [0.15, 0.2) is 110 Å². The fourth-order valence-corrected chi connectivity index (χ4v) is 13.0. The zero-order valence-electron chi connectivity index (χ0n) is 74.3. The van der Waals surface area contributed by atoms with Gasteiger partial charge in [0, 0.05) is 86.8 Å². The summed E-state index contributed by atoms with van der Waals surface area (Å²) in [6.45, 7) is 49.1. The minimum absolute atomic E-state index is 0.184. The number of hydrogen-bond acceptors (Lipinski definition) is 42. The highest BCUT2D eigenvalue weighted by molar-refractivity contribution is 7.13. The van der Waals surface area contributed by atoms with Crippen molar-refractivity contribution in [3.63, 3.8) is 0 Å². The summed E-state index contributed by atoms with van der Waals surface area (Å²) in [6, 6.07) is 30.0. The van der Waals surface area contributed by atoms with E-state index in [2.05, 4.69) is 206 Å². The van der Waals surface area contributed by atoms with Crippen LogP contribution in [-0.4, -0.2) is 178 Å². The zero-order chi connectivity index (χ0) is 98.6. The molecule has 0 unspecified atom stereocenters. The van der Waals surface area contributed by atoms with Crippen molar-refractivity contribution in [1.29, 1.82) is 0 Å². The maximum absolute atomic E-state index is 7.47. The second-order valence-corrected chi connectivity index (χ2v) is 29.2. The molecule has 0 saturated carbocycles. The molecule has 20 aromatic heterocycles. The predicted molar refractivity (Wildman–Crippen MR) is 506 cm³/mol. The lowest BCUT2D eigenvalue weighted by Gasteiger charge is -2.03. The minimum atomic E-state index is 0.184. The van der Waals surface area contributed by atoms with Crippen molar-refractivity contribution in [2.24, 2.45) is 51.1 Å². The number of hydrogen-bond donors (Lipinski definition) is 5. The largest absolute Gasteiger partial charge is 0.382 e. The normalized spacial score (nSPS) is 11.0. The Morgan fingerprint density at radius 3 is 0.752 bits per heavy atom. The minimum Gasteiger partial charge on any atom is -0.382 e. The number of rotatable bonds is 20. The average molecular weight is 1890 g/mol. The maximum Gasteiger partial charge on any atom is 0.255 e.